The summed E-state index contributed by atoms with van der Waals surface area (Å²) >= 11 is 12.5. The minimum absolute atomic E-state index is 0.0116. The quantitative estimate of drug-likeness (QED) is 0.0984. The Morgan fingerprint density at radius 3 is 1.29 bits per heavy atom. The van der Waals surface area contributed by atoms with Crippen LogP contribution in [0.15, 0.2) is 183 Å². The maximum absolute atomic E-state index is 13.3. The van der Waals surface area contributed by atoms with Gasteiger partial charge < -0.3 is 25.3 Å². The van der Waals surface area contributed by atoms with Gasteiger partial charge in [0.1, 0.15) is 11.4 Å². The van der Waals surface area contributed by atoms with Crippen LogP contribution in [-0.4, -0.2) is 32.2 Å². The van der Waals surface area contributed by atoms with Crippen LogP contribution in [0.4, 0.5) is 34.1 Å². The van der Waals surface area contributed by atoms with E-state index in [1.165, 1.54) is 0 Å². The Hall–Kier alpha value is -8.26. The van der Waals surface area contributed by atoms with Gasteiger partial charge in [-0.05, 0) is 95.7 Å². The number of benzene rings is 8. The summed E-state index contributed by atoms with van der Waals surface area (Å²) in [6, 6.07) is 45.1. The minimum atomic E-state index is -0.556. The van der Waals surface area contributed by atoms with Crippen LogP contribution in [-0.2, 0) is 0 Å². The highest BCUT2D eigenvalue weighted by Gasteiger charge is 2.21. The molecule has 13 nitrogen and oxygen atoms in total. The van der Waals surface area contributed by atoms with Crippen molar-refractivity contribution in [3.63, 3.8) is 0 Å². The van der Waals surface area contributed by atoms with Crippen molar-refractivity contribution in [1.29, 1.82) is 0 Å². The van der Waals surface area contributed by atoms with Crippen LogP contribution in [0.5, 0.6) is 11.5 Å². The predicted molar refractivity (Wildman–Crippen MR) is 244 cm³/mol. The van der Waals surface area contributed by atoms with Gasteiger partial charge in [-0.3, -0.25) is 9.59 Å². The molecule has 9 aromatic rings. The third-order valence-corrected chi connectivity index (χ3v) is 10.6. The molecule has 0 saturated heterocycles. The van der Waals surface area contributed by atoms with Gasteiger partial charge in [-0.25, -0.2) is 0 Å². The fraction of sp³-hybridized carbons (Fsp3) is 0. The number of fused-ring (bicyclic) bond motifs is 2. The molecule has 0 unspecified atom stereocenters. The zero-order valence-electron chi connectivity index (χ0n) is 32.6. The first-order valence-corrected chi connectivity index (χ1v) is 19.9. The second kappa shape index (κ2) is 17.4. The van der Waals surface area contributed by atoms with Crippen molar-refractivity contribution in [2.45, 2.75) is 0 Å². The van der Waals surface area contributed by atoms with Gasteiger partial charge in [-0.2, -0.15) is 10.2 Å². The molecule has 2 amide bonds. The molecule has 4 N–H and O–H groups in total. The molecule has 0 bridgehead atoms. The standard InChI is InChI=1S/C48H30Cl2N8O5/c49-37-13-5-7-15-39(37)51-45(61)35-25-29-9-1-3-11-33(29)41(43(35)59)55-53-31-21-17-27(18-22-31)47-57-58-48(63-47)28-19-23-32(24-20-28)54-56-42-34-12-4-2-10-30(34)26-36(44(42)60)46(62)52-40-16-8-6-14-38(40)50/h1-26,59-60H,(H,51,61)(H,52,62). The van der Waals surface area contributed by atoms with Gasteiger partial charge in [0.05, 0.1) is 43.9 Å². The summed E-state index contributed by atoms with van der Waals surface area (Å²) in [7, 11) is 0. The molecule has 0 fully saturated rings. The van der Waals surface area contributed by atoms with E-state index in [2.05, 4.69) is 41.3 Å². The molecule has 306 valence electrons. The van der Waals surface area contributed by atoms with Gasteiger partial charge in [0.25, 0.3) is 11.8 Å². The number of hydrogen-bond donors (Lipinski definition) is 4. The van der Waals surface area contributed by atoms with Gasteiger partial charge in [0.2, 0.25) is 11.8 Å². The van der Waals surface area contributed by atoms with Gasteiger partial charge in [0.15, 0.2) is 11.5 Å². The lowest BCUT2D eigenvalue weighted by atomic mass is 10.0. The SMILES string of the molecule is O=C(Nc1ccccc1Cl)c1cc2ccccc2c(N=Nc2ccc(-c3nnc(-c4ccc(N=Nc5c(O)c(C(=O)Nc6ccccc6Cl)cc6ccccc56)cc4)o3)cc2)c1O. The third kappa shape index (κ3) is 8.42. The van der Waals surface area contributed by atoms with Gasteiger partial charge >= 0.3 is 0 Å². The summed E-state index contributed by atoms with van der Waals surface area (Å²) in [6.07, 6.45) is 0. The number of amides is 2. The summed E-state index contributed by atoms with van der Waals surface area (Å²) in [4.78, 5) is 26.6. The van der Waals surface area contributed by atoms with Crippen LogP contribution in [0.3, 0.4) is 0 Å². The highest BCUT2D eigenvalue weighted by molar-refractivity contribution is 6.34. The molecule has 0 saturated carbocycles. The van der Waals surface area contributed by atoms with Crippen LogP contribution in [0.2, 0.25) is 10.0 Å². The molecular formula is C48H30Cl2N8O5. The van der Waals surface area contributed by atoms with E-state index < -0.39 is 11.8 Å². The van der Waals surface area contributed by atoms with Crippen LogP contribution in [0.25, 0.3) is 44.5 Å². The van der Waals surface area contributed by atoms with Crippen molar-refractivity contribution in [3.05, 3.63) is 179 Å². The van der Waals surface area contributed by atoms with Gasteiger partial charge in [-0.15, -0.1) is 20.4 Å². The fourth-order valence-electron chi connectivity index (χ4n) is 6.70. The minimum Gasteiger partial charge on any atom is -0.505 e. The average Bonchev–Trinajstić information content (AvgIpc) is 3.80. The van der Waals surface area contributed by atoms with Crippen LogP contribution in [0, 0.1) is 0 Å². The molecule has 0 aliphatic carbocycles. The summed E-state index contributed by atoms with van der Waals surface area (Å²) in [6.45, 7) is 0. The molecule has 0 radical (unpaired) electrons. The molecular weight excluding hydrogens is 839 g/mol. The number of aromatic nitrogens is 2. The molecule has 15 heteroatoms. The first-order chi connectivity index (χ1) is 30.7. The normalized spacial score (nSPS) is 11.5. The first kappa shape index (κ1) is 40.2. The lowest BCUT2D eigenvalue weighted by Crippen LogP contribution is -2.12. The van der Waals surface area contributed by atoms with Crippen molar-refractivity contribution < 1.29 is 24.2 Å². The highest BCUT2D eigenvalue weighted by atomic mass is 35.5. The van der Waals surface area contributed by atoms with E-state index in [-0.39, 0.29) is 45.8 Å². The van der Waals surface area contributed by atoms with E-state index in [0.717, 1.165) is 0 Å². The zero-order chi connectivity index (χ0) is 43.5. The second-order valence-corrected chi connectivity index (χ2v) is 14.8. The number of azo groups is 2. The molecule has 1 aromatic heterocycles. The van der Waals surface area contributed by atoms with E-state index in [0.29, 0.717) is 65.5 Å². The molecule has 0 aliphatic rings. The van der Waals surface area contributed by atoms with Crippen LogP contribution < -0.4 is 10.6 Å². The molecule has 0 spiro atoms. The van der Waals surface area contributed by atoms with E-state index in [1.807, 2.05) is 24.3 Å². The van der Waals surface area contributed by atoms with Crippen molar-refractivity contribution >= 4 is 90.7 Å². The number of rotatable bonds is 10. The number of anilines is 2. The predicted octanol–water partition coefficient (Wildman–Crippen LogP) is 13.8. The van der Waals surface area contributed by atoms with Crippen molar-refractivity contribution in [2.24, 2.45) is 20.5 Å². The van der Waals surface area contributed by atoms with Crippen LogP contribution >= 0.6 is 23.2 Å². The Kier molecular flexibility index (Phi) is 11.1. The number of carbonyl (C=O) groups is 2. The maximum atomic E-state index is 13.3. The van der Waals surface area contributed by atoms with Crippen molar-refractivity contribution in [1.82, 2.24) is 10.2 Å². The Morgan fingerprint density at radius 1 is 0.492 bits per heavy atom. The average molecular weight is 870 g/mol. The summed E-state index contributed by atoms with van der Waals surface area (Å²) in [5.74, 6) is -1.25. The van der Waals surface area contributed by atoms with Crippen molar-refractivity contribution in [2.75, 3.05) is 10.6 Å². The number of para-hydroxylation sites is 2. The zero-order valence-corrected chi connectivity index (χ0v) is 34.1. The van der Waals surface area contributed by atoms with E-state index in [9.17, 15) is 19.8 Å². The van der Waals surface area contributed by atoms with Gasteiger partial charge in [0, 0.05) is 21.9 Å². The first-order valence-electron chi connectivity index (χ1n) is 19.2. The van der Waals surface area contributed by atoms with Crippen LogP contribution in [0.1, 0.15) is 20.7 Å². The molecule has 9 rings (SSSR count). The number of halogens is 2. The number of hydrogen-bond acceptors (Lipinski definition) is 11. The molecule has 1 heterocycles. The van der Waals surface area contributed by atoms with Gasteiger partial charge in [-0.1, -0.05) is 96.0 Å². The fourth-order valence-corrected chi connectivity index (χ4v) is 7.07. The van der Waals surface area contributed by atoms with Crippen molar-refractivity contribution in [3.8, 4) is 34.4 Å². The number of phenolic OH excluding ortho intramolecular Hbond substituents is 2. The van der Waals surface area contributed by atoms with E-state index in [4.69, 9.17) is 27.6 Å². The highest BCUT2D eigenvalue weighted by Crippen LogP contribution is 2.42. The second-order valence-electron chi connectivity index (χ2n) is 14.0. The third-order valence-electron chi connectivity index (χ3n) is 9.91. The summed E-state index contributed by atoms with van der Waals surface area (Å²) in [5.41, 5.74) is 3.27. The number of nitrogens with zero attached hydrogens (tertiary/aromatic N) is 6. The summed E-state index contributed by atoms with van der Waals surface area (Å²) < 4.78 is 6.00. The Balaban J connectivity index is 0.907. The molecule has 0 aliphatic heterocycles. The molecule has 0 atom stereocenters. The van der Waals surface area contributed by atoms with E-state index in [1.54, 1.807) is 133 Å². The molecule has 63 heavy (non-hydrogen) atoms. The van der Waals surface area contributed by atoms with E-state index >= 15 is 0 Å². The largest absolute Gasteiger partial charge is 0.505 e. The summed E-state index contributed by atoms with van der Waals surface area (Å²) in [5, 5.41) is 57.2. The topological polar surface area (TPSA) is 187 Å². The lowest BCUT2D eigenvalue weighted by Gasteiger charge is -2.12. The monoisotopic (exact) mass is 868 g/mol. The lowest BCUT2D eigenvalue weighted by molar-refractivity contribution is 0.101. The molecule has 8 aromatic carbocycles. The number of aromatic hydroxyl groups is 2. The smallest absolute Gasteiger partial charge is 0.259 e. The number of carbonyl (C=O) groups excluding carboxylic acids is 2. The maximum Gasteiger partial charge on any atom is 0.259 e. The Morgan fingerprint density at radius 2 is 0.873 bits per heavy atom. The Labute approximate surface area is 368 Å². The number of phenols is 2. The number of nitrogens with one attached hydrogen (secondary N) is 2. The Bertz CT molecular complexity index is 3060.